The number of carbonyl (C=O) groups is 1. The van der Waals surface area contributed by atoms with Crippen molar-refractivity contribution in [1.82, 2.24) is 0 Å². The highest BCUT2D eigenvalue weighted by Crippen LogP contribution is 2.18. The van der Waals surface area contributed by atoms with Crippen molar-refractivity contribution in [2.24, 2.45) is 5.18 Å². The Balaban J connectivity index is 2.91. The van der Waals surface area contributed by atoms with Crippen molar-refractivity contribution in [2.45, 2.75) is 19.4 Å². The lowest BCUT2D eigenvalue weighted by atomic mass is 10.0. The number of benzene rings is 1. The highest BCUT2D eigenvalue weighted by Gasteiger charge is 2.18. The van der Waals surface area contributed by atoms with Crippen molar-refractivity contribution in [3.05, 3.63) is 40.8 Å². The lowest BCUT2D eigenvalue weighted by Gasteiger charge is -2.05. The largest absolute Gasteiger partial charge is 0.297 e. The lowest BCUT2D eigenvalue weighted by molar-refractivity contribution is -0.120. The molecule has 0 N–H and O–H groups in total. The minimum absolute atomic E-state index is 0.138. The molecule has 1 unspecified atom stereocenters. The van der Waals surface area contributed by atoms with Crippen LogP contribution >= 0.6 is 0 Å². The van der Waals surface area contributed by atoms with Gasteiger partial charge in [-0.25, -0.2) is 0 Å². The van der Waals surface area contributed by atoms with Crippen molar-refractivity contribution in [1.29, 1.82) is 0 Å². The van der Waals surface area contributed by atoms with E-state index in [1.54, 1.807) is 31.2 Å². The summed E-state index contributed by atoms with van der Waals surface area (Å²) in [6, 6.07) is 8.06. The zero-order valence-electron chi connectivity index (χ0n) is 7.43. The van der Waals surface area contributed by atoms with Gasteiger partial charge in [-0.3, -0.25) is 4.79 Å². The summed E-state index contributed by atoms with van der Waals surface area (Å²) in [5, 5.41) is 2.83. The van der Waals surface area contributed by atoms with Gasteiger partial charge in [0.1, 0.15) is 0 Å². The smallest absolute Gasteiger partial charge is 0.175 e. The van der Waals surface area contributed by atoms with Crippen LogP contribution in [-0.4, -0.2) is 5.78 Å². The molecule has 1 rings (SSSR count). The molecule has 0 heterocycles. The second-order valence-electron chi connectivity index (χ2n) is 2.74. The van der Waals surface area contributed by atoms with E-state index in [1.807, 2.05) is 6.07 Å². The Bertz CT molecular complexity index is 295. The molecule has 3 nitrogen and oxygen atoms in total. The number of ketones is 1. The fourth-order valence-corrected chi connectivity index (χ4v) is 1.13. The molecule has 0 saturated carbocycles. The number of hydrogen-bond donors (Lipinski definition) is 0. The van der Waals surface area contributed by atoms with Gasteiger partial charge in [0.25, 0.3) is 0 Å². The molecule has 1 aromatic rings. The fourth-order valence-electron chi connectivity index (χ4n) is 1.13. The van der Waals surface area contributed by atoms with Crippen LogP contribution in [0.15, 0.2) is 35.5 Å². The van der Waals surface area contributed by atoms with Crippen LogP contribution in [0.2, 0.25) is 0 Å². The molecular weight excluding hydrogens is 166 g/mol. The van der Waals surface area contributed by atoms with Gasteiger partial charge < -0.3 is 0 Å². The van der Waals surface area contributed by atoms with Gasteiger partial charge in [0, 0.05) is 6.42 Å². The molecule has 0 aliphatic rings. The minimum Gasteiger partial charge on any atom is -0.297 e. The first-order chi connectivity index (χ1) is 6.29. The Hall–Kier alpha value is -1.51. The fraction of sp³-hybridized carbons (Fsp3) is 0.300. The zero-order valence-corrected chi connectivity index (χ0v) is 7.43. The number of nitrogens with zero attached hydrogens (tertiary/aromatic N) is 1. The second-order valence-corrected chi connectivity index (χ2v) is 2.74. The maximum Gasteiger partial charge on any atom is 0.175 e. The van der Waals surface area contributed by atoms with Crippen LogP contribution in [0.4, 0.5) is 0 Å². The highest BCUT2D eigenvalue weighted by atomic mass is 16.3. The second kappa shape index (κ2) is 4.50. The normalized spacial score (nSPS) is 12.1. The van der Waals surface area contributed by atoms with Gasteiger partial charge in [0.15, 0.2) is 11.8 Å². The third-order valence-corrected chi connectivity index (χ3v) is 1.87. The van der Waals surface area contributed by atoms with Crippen molar-refractivity contribution in [3.8, 4) is 0 Å². The number of nitroso groups, excluding NO2 is 1. The van der Waals surface area contributed by atoms with E-state index < -0.39 is 6.04 Å². The van der Waals surface area contributed by atoms with Crippen molar-refractivity contribution < 1.29 is 4.79 Å². The molecular formula is C10H11NO2. The summed E-state index contributed by atoms with van der Waals surface area (Å²) < 4.78 is 0. The third-order valence-electron chi connectivity index (χ3n) is 1.87. The van der Waals surface area contributed by atoms with Crippen LogP contribution in [0, 0.1) is 4.91 Å². The summed E-state index contributed by atoms with van der Waals surface area (Å²) in [7, 11) is 0. The van der Waals surface area contributed by atoms with Crippen LogP contribution in [-0.2, 0) is 4.79 Å². The maximum absolute atomic E-state index is 11.2. The van der Waals surface area contributed by atoms with Crippen molar-refractivity contribution in [3.63, 3.8) is 0 Å². The lowest BCUT2D eigenvalue weighted by Crippen LogP contribution is -2.08. The summed E-state index contributed by atoms with van der Waals surface area (Å²) in [6.07, 6.45) is 0.339. The molecule has 13 heavy (non-hydrogen) atoms. The van der Waals surface area contributed by atoms with Gasteiger partial charge >= 0.3 is 0 Å². The topological polar surface area (TPSA) is 46.5 Å². The molecule has 0 bridgehead atoms. The molecule has 68 valence electrons. The average Bonchev–Trinajstić information content (AvgIpc) is 2.20. The van der Waals surface area contributed by atoms with Crippen LogP contribution in [0.1, 0.15) is 24.9 Å². The average molecular weight is 177 g/mol. The number of hydrogen-bond acceptors (Lipinski definition) is 3. The van der Waals surface area contributed by atoms with Crippen LogP contribution in [0.3, 0.4) is 0 Å². The first-order valence-corrected chi connectivity index (χ1v) is 4.19. The van der Waals surface area contributed by atoms with E-state index in [4.69, 9.17) is 0 Å². The number of carbonyl (C=O) groups excluding carboxylic acids is 1. The summed E-state index contributed by atoms with van der Waals surface area (Å²) >= 11 is 0. The molecule has 0 radical (unpaired) electrons. The molecule has 1 aromatic carbocycles. The predicted molar refractivity (Wildman–Crippen MR) is 50.3 cm³/mol. The summed E-state index contributed by atoms with van der Waals surface area (Å²) in [5.41, 5.74) is 0.671. The Kier molecular flexibility index (Phi) is 3.31. The van der Waals surface area contributed by atoms with E-state index in [-0.39, 0.29) is 5.78 Å². The Labute approximate surface area is 76.7 Å². The monoisotopic (exact) mass is 177 g/mol. The quantitative estimate of drug-likeness (QED) is 0.663. The number of rotatable bonds is 4. The molecule has 0 saturated heterocycles. The standard InChI is InChI=1S/C10H11NO2/c1-2-9(12)10(11-13)8-6-4-3-5-7-8/h3-7,10H,2H2,1H3. The van der Waals surface area contributed by atoms with Gasteiger partial charge in [-0.15, -0.1) is 4.91 Å². The molecule has 0 amide bonds. The molecule has 1 atom stereocenters. The molecule has 3 heteroatoms. The predicted octanol–water partition coefficient (Wildman–Crippen LogP) is 2.47. The van der Waals surface area contributed by atoms with E-state index >= 15 is 0 Å². The Morgan fingerprint density at radius 2 is 2.00 bits per heavy atom. The molecule has 0 aromatic heterocycles. The van der Waals surface area contributed by atoms with Crippen molar-refractivity contribution >= 4 is 5.78 Å². The van der Waals surface area contributed by atoms with E-state index in [9.17, 15) is 9.70 Å². The van der Waals surface area contributed by atoms with E-state index in [2.05, 4.69) is 5.18 Å². The first kappa shape index (κ1) is 9.58. The molecule has 0 spiro atoms. The van der Waals surface area contributed by atoms with Crippen LogP contribution < -0.4 is 0 Å². The summed E-state index contributed by atoms with van der Waals surface area (Å²) in [6.45, 7) is 1.73. The summed E-state index contributed by atoms with van der Waals surface area (Å²) in [4.78, 5) is 21.7. The highest BCUT2D eigenvalue weighted by molar-refractivity contribution is 5.85. The SMILES string of the molecule is CCC(=O)C(N=O)c1ccccc1. The summed E-state index contributed by atoms with van der Waals surface area (Å²) in [5.74, 6) is -0.138. The van der Waals surface area contributed by atoms with E-state index in [1.165, 1.54) is 0 Å². The van der Waals surface area contributed by atoms with Crippen LogP contribution in [0.5, 0.6) is 0 Å². The molecule has 0 fully saturated rings. The van der Waals surface area contributed by atoms with Gasteiger partial charge in [0.05, 0.1) is 0 Å². The Morgan fingerprint density at radius 3 is 2.46 bits per heavy atom. The zero-order chi connectivity index (χ0) is 9.68. The first-order valence-electron chi connectivity index (χ1n) is 4.19. The van der Waals surface area contributed by atoms with Crippen LogP contribution in [0.25, 0.3) is 0 Å². The maximum atomic E-state index is 11.2. The van der Waals surface area contributed by atoms with E-state index in [0.29, 0.717) is 12.0 Å². The number of Topliss-reactive ketones (excluding diaryl/α,β-unsaturated/α-hetero) is 1. The minimum atomic E-state index is -0.828. The van der Waals surface area contributed by atoms with Gasteiger partial charge in [0.2, 0.25) is 0 Å². The molecule has 0 aliphatic heterocycles. The third kappa shape index (κ3) is 2.21. The van der Waals surface area contributed by atoms with Gasteiger partial charge in [-0.05, 0) is 5.56 Å². The Morgan fingerprint density at radius 1 is 1.38 bits per heavy atom. The van der Waals surface area contributed by atoms with Gasteiger partial charge in [-0.2, -0.15) is 0 Å². The van der Waals surface area contributed by atoms with Crippen molar-refractivity contribution in [2.75, 3.05) is 0 Å². The molecule has 0 aliphatic carbocycles. The van der Waals surface area contributed by atoms with Gasteiger partial charge in [-0.1, -0.05) is 42.4 Å². The van der Waals surface area contributed by atoms with E-state index in [0.717, 1.165) is 0 Å².